The van der Waals surface area contributed by atoms with Gasteiger partial charge in [-0.2, -0.15) is 0 Å². The van der Waals surface area contributed by atoms with Gasteiger partial charge in [0.1, 0.15) is 41.7 Å². The normalized spacial score (nSPS) is 33.6. The highest BCUT2D eigenvalue weighted by molar-refractivity contribution is 7.91. The van der Waals surface area contributed by atoms with Crippen LogP contribution < -0.4 is 34.8 Å². The number of rotatable bonds is 10. The van der Waals surface area contributed by atoms with Gasteiger partial charge in [-0.05, 0) is 88.2 Å². The highest BCUT2D eigenvalue weighted by Gasteiger charge is 2.63. The molecule has 19 heteroatoms. The Labute approximate surface area is 410 Å². The summed E-state index contributed by atoms with van der Waals surface area (Å²) in [7, 11) is -4.02. The van der Waals surface area contributed by atoms with E-state index in [-0.39, 0.29) is 49.3 Å². The van der Waals surface area contributed by atoms with Crippen LogP contribution in [0.4, 0.5) is 4.79 Å². The number of fused-ring (bicyclic) bond motifs is 7. The summed E-state index contributed by atoms with van der Waals surface area (Å²) >= 11 is 0. The van der Waals surface area contributed by atoms with Crippen LogP contribution in [-0.4, -0.2) is 129 Å². The van der Waals surface area contributed by atoms with E-state index in [0.29, 0.717) is 43.9 Å². The average molecular weight is 991 g/mol. The third-order valence-electron chi connectivity index (χ3n) is 16.1. The molecule has 1 aromatic carbocycles. The van der Waals surface area contributed by atoms with Gasteiger partial charge < -0.3 is 49.3 Å². The summed E-state index contributed by atoms with van der Waals surface area (Å²) in [4.78, 5) is 73.7. The number of amides is 4. The lowest BCUT2D eigenvalue weighted by Crippen LogP contribution is -3.16. The van der Waals surface area contributed by atoms with Gasteiger partial charge >= 0.3 is 6.09 Å². The van der Waals surface area contributed by atoms with Crippen LogP contribution in [0.15, 0.2) is 36.9 Å². The zero-order valence-corrected chi connectivity index (χ0v) is 41.7. The number of hydrogen-bond acceptors (Lipinski definition) is 13. The van der Waals surface area contributed by atoms with Crippen LogP contribution in [0.3, 0.4) is 0 Å². The van der Waals surface area contributed by atoms with Crippen molar-refractivity contribution in [2.45, 2.75) is 145 Å². The van der Waals surface area contributed by atoms with Gasteiger partial charge in [0.2, 0.25) is 27.7 Å². The lowest BCUT2D eigenvalue weighted by Gasteiger charge is -2.44. The second-order valence-electron chi connectivity index (χ2n) is 22.6. The summed E-state index contributed by atoms with van der Waals surface area (Å²) in [5.41, 5.74) is -0.824. The van der Waals surface area contributed by atoms with Crippen LogP contribution in [-0.2, 0) is 45.1 Å². The van der Waals surface area contributed by atoms with E-state index in [9.17, 15) is 22.8 Å². The summed E-state index contributed by atoms with van der Waals surface area (Å²) in [6, 6.07) is 5.71. The monoisotopic (exact) mass is 990 g/mol. The van der Waals surface area contributed by atoms with Gasteiger partial charge in [-0.1, -0.05) is 51.8 Å². The Bertz CT molecular complexity index is 2460. The van der Waals surface area contributed by atoms with Crippen molar-refractivity contribution in [2.75, 3.05) is 39.4 Å². The number of nitrogens with zero attached hydrogens (tertiary/aromatic N) is 2. The lowest BCUT2D eigenvalue weighted by molar-refractivity contribution is -0.917. The number of nitrogens with one attached hydrogen (secondary N) is 4. The third-order valence-corrected chi connectivity index (χ3v) is 18.3. The van der Waals surface area contributed by atoms with E-state index in [1.165, 1.54) is 30.4 Å². The summed E-state index contributed by atoms with van der Waals surface area (Å²) in [5.74, 6) is 0.168. The number of benzene rings is 1. The van der Waals surface area contributed by atoms with E-state index in [4.69, 9.17) is 33.8 Å². The Hall–Kier alpha value is -5.01. The molecule has 8 aliphatic rings. The standard InChI is InChI=1S/C50H68N6O10S.CH2O2/c1-6-33-22-50(33,46(59)54-67(61,62)49(5)18-19-49)53-43(57)38-21-34-26-56(38)45(58)42(48(2,3)4)52-47(60)65-39-20-30(39)12-8-7-9-14-36-41(35-13-10-11-15-37(35)51-44(36)64-34)66-40-31-24-55(23-29-16-17-29)25-32(40)28-63-27-31;2-1-3/h6,10-11,13,15,29-34,38-40,42H,1,7-9,12,14,16-28H2,2-5H3,(H,52,60)(H,53,57)(H,54,59);1H,(H,2,3)/t30-,31?,32?,33-,34-,38+,39-,40?,42-,50-;/m1./s1. The van der Waals surface area contributed by atoms with Gasteiger partial charge in [-0.15, -0.1) is 6.58 Å². The summed E-state index contributed by atoms with van der Waals surface area (Å²) in [6.07, 6.45) is 8.53. The fraction of sp³-hybridized carbons (Fsp3) is 0.686. The third kappa shape index (κ3) is 10.5. The molecule has 9 atom stereocenters. The molecule has 5 heterocycles. The molecule has 4 saturated carbocycles. The lowest BCUT2D eigenvalue weighted by atomic mass is 9.84. The molecule has 18 nitrogen and oxygen atoms in total. The van der Waals surface area contributed by atoms with E-state index in [2.05, 4.69) is 28.0 Å². The first kappa shape index (κ1) is 50.0. The largest absolute Gasteiger partial charge is 0.554 e. The second kappa shape index (κ2) is 19.5. The fourth-order valence-electron chi connectivity index (χ4n) is 11.3. The summed E-state index contributed by atoms with van der Waals surface area (Å²) in [6.45, 7) is 15.0. The number of sulfonamides is 1. The van der Waals surface area contributed by atoms with Gasteiger partial charge in [-0.3, -0.25) is 19.1 Å². The molecule has 4 N–H and O–H groups in total. The van der Waals surface area contributed by atoms with Crippen molar-refractivity contribution in [3.8, 4) is 11.6 Å². The molecule has 2 unspecified atom stereocenters. The van der Waals surface area contributed by atoms with Crippen LogP contribution in [0.1, 0.15) is 104 Å². The zero-order valence-electron chi connectivity index (χ0n) is 40.9. The molecule has 4 bridgehead atoms. The number of para-hydroxylation sites is 1. The number of ether oxygens (including phenoxy) is 4. The number of likely N-dealkylation sites (tertiary alicyclic amines) is 1. The number of aromatic nitrogens is 1. The predicted molar refractivity (Wildman–Crippen MR) is 254 cm³/mol. The van der Waals surface area contributed by atoms with Crippen LogP contribution in [0, 0.1) is 35.0 Å². The molecule has 382 valence electrons. The molecule has 2 aromatic rings. The number of hydrogen-bond donors (Lipinski definition) is 4. The van der Waals surface area contributed by atoms with Crippen molar-refractivity contribution in [3.63, 3.8) is 0 Å². The molecule has 70 heavy (non-hydrogen) atoms. The first-order valence-corrected chi connectivity index (χ1v) is 26.9. The van der Waals surface area contributed by atoms with Crippen molar-refractivity contribution in [3.05, 3.63) is 42.5 Å². The molecule has 0 radical (unpaired) electrons. The van der Waals surface area contributed by atoms with Crippen molar-refractivity contribution in [2.24, 2.45) is 35.0 Å². The molecular formula is C51H70N6O12S. The van der Waals surface area contributed by atoms with Crippen molar-refractivity contribution >= 4 is 51.2 Å². The van der Waals surface area contributed by atoms with Crippen LogP contribution in [0.5, 0.6) is 11.6 Å². The molecule has 1 aromatic heterocycles. The highest BCUT2D eigenvalue weighted by atomic mass is 32.2. The maximum absolute atomic E-state index is 15.0. The predicted octanol–water partition coefficient (Wildman–Crippen LogP) is 1.97. The summed E-state index contributed by atoms with van der Waals surface area (Å²) < 4.78 is 54.1. The molecule has 10 rings (SSSR count). The summed E-state index contributed by atoms with van der Waals surface area (Å²) in [5, 5.41) is 14.9. The quantitative estimate of drug-likeness (QED) is 0.197. The minimum atomic E-state index is -4.02. The van der Waals surface area contributed by atoms with Gasteiger partial charge in [0.05, 0.1) is 67.1 Å². The first-order chi connectivity index (χ1) is 33.4. The molecule has 0 spiro atoms. The number of quaternary nitrogens is 1. The Morgan fingerprint density at radius 2 is 1.76 bits per heavy atom. The number of carbonyl (C=O) groups is 5. The second-order valence-corrected chi connectivity index (χ2v) is 24.8. The van der Waals surface area contributed by atoms with Gasteiger partial charge in [0.15, 0.2) is 0 Å². The van der Waals surface area contributed by atoms with Gasteiger partial charge in [-0.25, -0.2) is 18.2 Å². The Kier molecular flexibility index (Phi) is 13.9. The van der Waals surface area contributed by atoms with Crippen LogP contribution >= 0.6 is 0 Å². The van der Waals surface area contributed by atoms with E-state index >= 15 is 4.79 Å². The number of carbonyl (C=O) groups excluding carboxylic acids is 5. The molecule has 7 fully saturated rings. The van der Waals surface area contributed by atoms with Gasteiger partial charge in [0, 0.05) is 30.1 Å². The maximum atomic E-state index is 15.0. The Morgan fingerprint density at radius 3 is 2.41 bits per heavy atom. The highest BCUT2D eigenvalue weighted by Crippen LogP contribution is 2.48. The smallest absolute Gasteiger partial charge is 0.408 e. The maximum Gasteiger partial charge on any atom is 0.408 e. The molecular weight excluding hydrogens is 921 g/mol. The Balaban J connectivity index is 0.00000198. The van der Waals surface area contributed by atoms with E-state index < -0.39 is 80.1 Å². The number of carboxylic acid groups (broad SMARTS) is 1. The van der Waals surface area contributed by atoms with E-state index in [1.807, 2.05) is 39.0 Å². The van der Waals surface area contributed by atoms with Crippen molar-refractivity contribution in [1.29, 1.82) is 0 Å². The van der Waals surface area contributed by atoms with E-state index in [0.717, 1.165) is 67.8 Å². The Morgan fingerprint density at radius 1 is 1.04 bits per heavy atom. The van der Waals surface area contributed by atoms with Crippen molar-refractivity contribution in [1.82, 2.24) is 25.2 Å². The van der Waals surface area contributed by atoms with Gasteiger partial charge in [0.25, 0.3) is 5.91 Å². The number of piperidine rings is 1. The molecule has 4 aliphatic carbocycles. The fourth-order valence-corrected chi connectivity index (χ4v) is 12.6. The van der Waals surface area contributed by atoms with Crippen molar-refractivity contribution < 1.29 is 61.3 Å². The van der Waals surface area contributed by atoms with Crippen LogP contribution in [0.2, 0.25) is 0 Å². The first-order valence-electron chi connectivity index (χ1n) is 25.4. The average Bonchev–Trinajstić information content (AvgIpc) is 4.15. The van der Waals surface area contributed by atoms with Crippen LogP contribution in [0.25, 0.3) is 10.9 Å². The SMILES string of the molecule is C=C[C@@H]1C[C@]1(NC(=O)[C@@H]1C[C@@H]2CN1C(=O)[C@H](C(C)(C)C)NC(=O)O[C@@H]1C[C@H]1CCCCCc1c(nc3ccccc3c1OC1C3COCC1C[NH+](CC1CC1)C3)O2)C(=O)NS(=O)(=O)C1(C)CC1.O=C[O-]. The molecule has 3 saturated heterocycles. The molecule has 4 aliphatic heterocycles. The number of pyridine rings is 1. The molecule has 4 amide bonds. The van der Waals surface area contributed by atoms with E-state index in [1.54, 1.807) is 11.8 Å². The minimum absolute atomic E-state index is 0.0311. The zero-order chi connectivity index (χ0) is 49.8. The topological polar surface area (TPSA) is 236 Å². The minimum Gasteiger partial charge on any atom is -0.554 e. The number of alkyl carbamates (subject to hydrolysis) is 1.